The Morgan fingerprint density at radius 2 is 1.75 bits per heavy atom. The average Bonchev–Trinajstić information content (AvgIpc) is 2.68. The predicted molar refractivity (Wildman–Crippen MR) is 115 cm³/mol. The van der Waals surface area contributed by atoms with E-state index in [1.807, 2.05) is 39.2 Å². The summed E-state index contributed by atoms with van der Waals surface area (Å²) in [7, 11) is -2.29. The molecular formula is C21H28N2O3S2. The van der Waals surface area contributed by atoms with Crippen LogP contribution in [-0.4, -0.2) is 38.5 Å². The van der Waals surface area contributed by atoms with E-state index < -0.39 is 10.0 Å². The number of aryl methyl sites for hydroxylation is 2. The highest BCUT2D eigenvalue weighted by atomic mass is 32.2. The van der Waals surface area contributed by atoms with Crippen molar-refractivity contribution in [3.63, 3.8) is 0 Å². The molecule has 1 amide bonds. The van der Waals surface area contributed by atoms with Crippen molar-refractivity contribution in [1.29, 1.82) is 0 Å². The van der Waals surface area contributed by atoms with Crippen molar-refractivity contribution in [2.75, 3.05) is 19.8 Å². The molecule has 0 aromatic heterocycles. The van der Waals surface area contributed by atoms with Gasteiger partial charge in [0.25, 0.3) is 0 Å². The van der Waals surface area contributed by atoms with Crippen molar-refractivity contribution in [1.82, 2.24) is 9.62 Å². The van der Waals surface area contributed by atoms with Crippen LogP contribution in [0, 0.1) is 13.8 Å². The normalized spacial score (nSPS) is 12.8. The van der Waals surface area contributed by atoms with E-state index >= 15 is 0 Å². The van der Waals surface area contributed by atoms with Gasteiger partial charge in [0.05, 0.1) is 17.5 Å². The van der Waals surface area contributed by atoms with Crippen LogP contribution in [0.4, 0.5) is 0 Å². The minimum Gasteiger partial charge on any atom is -0.348 e. The zero-order valence-electron chi connectivity index (χ0n) is 17.0. The zero-order valence-corrected chi connectivity index (χ0v) is 18.7. The van der Waals surface area contributed by atoms with Gasteiger partial charge < -0.3 is 5.32 Å². The van der Waals surface area contributed by atoms with Crippen LogP contribution in [0.1, 0.15) is 36.1 Å². The lowest BCUT2D eigenvalue weighted by Crippen LogP contribution is -2.39. The number of amides is 1. The number of carbonyl (C=O) groups excluding carboxylic acids is 1. The summed E-state index contributed by atoms with van der Waals surface area (Å²) in [6.07, 6.45) is 2.65. The summed E-state index contributed by atoms with van der Waals surface area (Å²) in [4.78, 5) is 13.7. The molecular weight excluding hydrogens is 392 g/mol. The Bertz CT molecular complexity index is 925. The van der Waals surface area contributed by atoms with Crippen molar-refractivity contribution < 1.29 is 13.2 Å². The molecule has 1 atom stereocenters. The first-order valence-corrected chi connectivity index (χ1v) is 11.8. The lowest BCUT2D eigenvalue weighted by molar-refractivity contribution is -0.121. The Balaban J connectivity index is 2.08. The Labute approximate surface area is 172 Å². The van der Waals surface area contributed by atoms with Crippen LogP contribution in [0.2, 0.25) is 0 Å². The molecule has 0 fully saturated rings. The second kappa shape index (κ2) is 9.58. The average molecular weight is 421 g/mol. The minimum absolute atomic E-state index is 0.149. The van der Waals surface area contributed by atoms with Crippen molar-refractivity contribution in [2.24, 2.45) is 0 Å². The van der Waals surface area contributed by atoms with E-state index in [1.165, 1.54) is 18.2 Å². The first-order valence-electron chi connectivity index (χ1n) is 9.16. The number of sulfonamides is 1. The number of rotatable bonds is 8. The van der Waals surface area contributed by atoms with Gasteiger partial charge in [-0.3, -0.25) is 4.79 Å². The molecule has 2 rings (SSSR count). The molecule has 1 N–H and O–H groups in total. The molecule has 0 spiro atoms. The Kier molecular flexibility index (Phi) is 7.69. The molecule has 0 radical (unpaired) electrons. The second-order valence-electron chi connectivity index (χ2n) is 6.81. The third kappa shape index (κ3) is 5.37. The fourth-order valence-electron chi connectivity index (χ4n) is 2.86. The fraction of sp³-hybridized carbons (Fsp3) is 0.381. The number of thioether (sulfide) groups is 1. The quantitative estimate of drug-likeness (QED) is 0.658. The van der Waals surface area contributed by atoms with Crippen molar-refractivity contribution in [3.05, 3.63) is 59.2 Å². The van der Waals surface area contributed by atoms with Gasteiger partial charge in [-0.1, -0.05) is 25.1 Å². The molecule has 5 nitrogen and oxygen atoms in total. The number of likely N-dealkylation sites (N-methyl/N-ethyl adjacent to an activating group) is 1. The van der Waals surface area contributed by atoms with Crippen LogP contribution in [0.25, 0.3) is 0 Å². The number of hydrogen-bond acceptors (Lipinski definition) is 4. The van der Waals surface area contributed by atoms with Gasteiger partial charge in [-0.15, -0.1) is 11.8 Å². The van der Waals surface area contributed by atoms with Crippen molar-refractivity contribution in [3.8, 4) is 0 Å². The van der Waals surface area contributed by atoms with E-state index in [2.05, 4.69) is 11.4 Å². The van der Waals surface area contributed by atoms with Crippen LogP contribution in [-0.2, 0) is 14.8 Å². The van der Waals surface area contributed by atoms with Crippen LogP contribution in [0.15, 0.2) is 52.3 Å². The highest BCUT2D eigenvalue weighted by molar-refractivity contribution is 7.98. The molecule has 0 aliphatic rings. The summed E-state index contributed by atoms with van der Waals surface area (Å²) >= 11 is 1.54. The maximum Gasteiger partial charge on any atom is 0.243 e. The van der Waals surface area contributed by atoms with Gasteiger partial charge in [0, 0.05) is 11.9 Å². The summed E-state index contributed by atoms with van der Waals surface area (Å²) in [5.41, 5.74) is 3.39. The van der Waals surface area contributed by atoms with Gasteiger partial charge in [-0.2, -0.15) is 4.31 Å². The van der Waals surface area contributed by atoms with Crippen molar-refractivity contribution >= 4 is 27.7 Å². The SMILES string of the molecule is CC[C@@H](NC(=O)CN(C)S(=O)(=O)c1ccc(SC)cc1)c1ccc(C)c(C)c1. The van der Waals surface area contributed by atoms with Crippen LogP contribution < -0.4 is 5.32 Å². The third-order valence-electron chi connectivity index (χ3n) is 4.81. The van der Waals surface area contributed by atoms with Gasteiger partial charge in [0.2, 0.25) is 15.9 Å². The first-order chi connectivity index (χ1) is 13.2. The molecule has 7 heteroatoms. The molecule has 28 heavy (non-hydrogen) atoms. The summed E-state index contributed by atoms with van der Waals surface area (Å²) in [5, 5.41) is 2.95. The molecule has 0 saturated carbocycles. The number of carbonyl (C=O) groups is 1. The molecule has 0 heterocycles. The van der Waals surface area contributed by atoms with Crippen LogP contribution in [0.5, 0.6) is 0 Å². The van der Waals surface area contributed by atoms with Crippen LogP contribution in [0.3, 0.4) is 0 Å². The van der Waals surface area contributed by atoms with Gasteiger partial charge in [0.1, 0.15) is 0 Å². The summed E-state index contributed by atoms with van der Waals surface area (Å²) in [6.45, 7) is 5.85. The summed E-state index contributed by atoms with van der Waals surface area (Å²) in [5.74, 6) is -0.322. The minimum atomic E-state index is -3.72. The van der Waals surface area contributed by atoms with Crippen molar-refractivity contribution in [2.45, 2.75) is 43.0 Å². The van der Waals surface area contributed by atoms with E-state index in [1.54, 1.807) is 36.0 Å². The molecule has 0 aliphatic heterocycles. The van der Waals surface area contributed by atoms with E-state index in [9.17, 15) is 13.2 Å². The summed E-state index contributed by atoms with van der Waals surface area (Å²) in [6, 6.07) is 12.6. The smallest absolute Gasteiger partial charge is 0.243 e. The summed E-state index contributed by atoms with van der Waals surface area (Å²) < 4.78 is 26.5. The topological polar surface area (TPSA) is 66.5 Å². The third-order valence-corrected chi connectivity index (χ3v) is 7.37. The lowest BCUT2D eigenvalue weighted by atomic mass is 9.99. The highest BCUT2D eigenvalue weighted by Gasteiger charge is 2.24. The molecule has 0 saturated heterocycles. The predicted octanol–water partition coefficient (Wildman–Crippen LogP) is 3.91. The zero-order chi connectivity index (χ0) is 20.9. The monoisotopic (exact) mass is 420 g/mol. The molecule has 0 aliphatic carbocycles. The molecule has 2 aromatic rings. The molecule has 152 valence electrons. The molecule has 2 aromatic carbocycles. The number of benzene rings is 2. The van der Waals surface area contributed by atoms with E-state index in [-0.39, 0.29) is 23.4 Å². The number of hydrogen-bond donors (Lipinski definition) is 1. The van der Waals surface area contributed by atoms with E-state index in [4.69, 9.17) is 0 Å². The van der Waals surface area contributed by atoms with Gasteiger partial charge in [-0.25, -0.2) is 8.42 Å². The highest BCUT2D eigenvalue weighted by Crippen LogP contribution is 2.21. The first kappa shape index (κ1) is 22.5. The largest absolute Gasteiger partial charge is 0.348 e. The fourth-order valence-corrected chi connectivity index (χ4v) is 4.39. The Morgan fingerprint density at radius 3 is 2.29 bits per heavy atom. The molecule has 0 bridgehead atoms. The van der Waals surface area contributed by atoms with E-state index in [0.717, 1.165) is 21.2 Å². The van der Waals surface area contributed by atoms with Gasteiger partial charge in [-0.05, 0) is 67.5 Å². The maximum atomic E-state index is 12.7. The number of nitrogens with one attached hydrogen (secondary N) is 1. The number of nitrogens with zero attached hydrogens (tertiary/aromatic N) is 1. The molecule has 0 unspecified atom stereocenters. The second-order valence-corrected chi connectivity index (χ2v) is 9.73. The van der Waals surface area contributed by atoms with Gasteiger partial charge in [0.15, 0.2) is 0 Å². The Morgan fingerprint density at radius 1 is 1.11 bits per heavy atom. The standard InChI is InChI=1S/C21H28N2O3S2/c1-6-20(17-8-7-15(2)16(3)13-17)22-21(24)14-23(4)28(25,26)19-11-9-18(27-5)10-12-19/h7-13,20H,6,14H2,1-5H3,(H,22,24)/t20-/m1/s1. The maximum absolute atomic E-state index is 12.7. The van der Waals surface area contributed by atoms with Gasteiger partial charge >= 0.3 is 0 Å². The Hall–Kier alpha value is -1.83. The van der Waals surface area contributed by atoms with E-state index in [0.29, 0.717) is 0 Å². The lowest BCUT2D eigenvalue weighted by Gasteiger charge is -2.21. The van der Waals surface area contributed by atoms with Crippen LogP contribution >= 0.6 is 11.8 Å².